The number of carboxylic acid groups (broad SMARTS) is 1. The molecule has 17 heavy (non-hydrogen) atoms. The van der Waals surface area contributed by atoms with Crippen LogP contribution in [0.4, 0.5) is 0 Å². The second kappa shape index (κ2) is 3.83. The molecule has 1 aliphatic rings. The van der Waals surface area contributed by atoms with Crippen molar-refractivity contribution in [1.82, 2.24) is 0 Å². The van der Waals surface area contributed by atoms with Gasteiger partial charge in [-0.3, -0.25) is 4.79 Å². The summed E-state index contributed by atoms with van der Waals surface area (Å²) >= 11 is 0. The van der Waals surface area contributed by atoms with Gasteiger partial charge in [-0.2, -0.15) is 0 Å². The van der Waals surface area contributed by atoms with E-state index in [0.717, 1.165) is 5.57 Å². The van der Waals surface area contributed by atoms with Gasteiger partial charge < -0.3 is 5.11 Å². The molecule has 0 spiro atoms. The Kier molecular flexibility index (Phi) is 3.21. The number of carboxylic acids is 1. The summed E-state index contributed by atoms with van der Waals surface area (Å²) in [5, 5.41) is 9.20. The summed E-state index contributed by atoms with van der Waals surface area (Å²) in [7, 11) is -3.44. The normalized spacial score (nSPS) is 30.8. The zero-order valence-electron chi connectivity index (χ0n) is 10.9. The van der Waals surface area contributed by atoms with Gasteiger partial charge in [0, 0.05) is 11.2 Å². The smallest absolute Gasteiger partial charge is 0.309 e. The van der Waals surface area contributed by atoms with Crippen LogP contribution in [0.15, 0.2) is 11.6 Å². The van der Waals surface area contributed by atoms with Crippen molar-refractivity contribution in [2.24, 2.45) is 11.3 Å². The molecule has 2 unspecified atom stereocenters. The van der Waals surface area contributed by atoms with Crippen LogP contribution in [0.25, 0.3) is 0 Å². The van der Waals surface area contributed by atoms with Crippen molar-refractivity contribution in [1.29, 1.82) is 0 Å². The van der Waals surface area contributed by atoms with Gasteiger partial charge in [0.1, 0.15) is 4.75 Å². The van der Waals surface area contributed by atoms with Crippen molar-refractivity contribution in [3.63, 3.8) is 0 Å². The lowest BCUT2D eigenvalue weighted by atomic mass is 10.1. The Balaban J connectivity index is 3.47. The highest BCUT2D eigenvalue weighted by molar-refractivity contribution is 7.93. The van der Waals surface area contributed by atoms with Gasteiger partial charge in [-0.15, -0.1) is 0 Å². The van der Waals surface area contributed by atoms with Gasteiger partial charge in [0.2, 0.25) is 0 Å². The molecule has 2 atom stereocenters. The number of aliphatic carboxylic acids is 1. The molecule has 0 aromatic heterocycles. The molecule has 4 nitrogen and oxygen atoms in total. The average molecular weight is 260 g/mol. The Morgan fingerprint density at radius 1 is 1.35 bits per heavy atom. The van der Waals surface area contributed by atoms with E-state index >= 15 is 0 Å². The SMILES string of the molecule is CCS(=O)(=O)C1(C=C(C)C)C(C(=O)O)C1(C)C. The molecule has 0 aromatic rings. The molecule has 0 bridgehead atoms. The van der Waals surface area contributed by atoms with Crippen molar-refractivity contribution < 1.29 is 18.3 Å². The predicted molar refractivity (Wildman–Crippen MR) is 66.5 cm³/mol. The van der Waals surface area contributed by atoms with E-state index in [-0.39, 0.29) is 5.75 Å². The largest absolute Gasteiger partial charge is 0.481 e. The molecule has 0 aliphatic heterocycles. The highest BCUT2D eigenvalue weighted by Gasteiger charge is 2.79. The van der Waals surface area contributed by atoms with E-state index in [2.05, 4.69) is 0 Å². The number of carbonyl (C=O) groups is 1. The minimum absolute atomic E-state index is 0.0377. The standard InChI is InChI=1S/C12H20O4S/c1-6-17(15,16)12(7-8(2)3)9(10(13)14)11(12,4)5/h7,9H,6H2,1-5H3,(H,13,14). The Labute approximate surface area is 103 Å². The van der Waals surface area contributed by atoms with Crippen LogP contribution in [0, 0.1) is 11.3 Å². The number of rotatable bonds is 4. The van der Waals surface area contributed by atoms with Crippen LogP contribution in [0.1, 0.15) is 34.6 Å². The Bertz CT molecular complexity index is 469. The second-order valence-corrected chi connectivity index (χ2v) is 7.89. The van der Waals surface area contributed by atoms with Crippen LogP contribution in [-0.2, 0) is 14.6 Å². The van der Waals surface area contributed by atoms with E-state index in [4.69, 9.17) is 0 Å². The fraction of sp³-hybridized carbons (Fsp3) is 0.750. The maximum atomic E-state index is 12.2. The van der Waals surface area contributed by atoms with E-state index in [1.807, 2.05) is 0 Å². The minimum Gasteiger partial charge on any atom is -0.481 e. The van der Waals surface area contributed by atoms with Crippen LogP contribution in [0.3, 0.4) is 0 Å². The van der Waals surface area contributed by atoms with Crippen molar-refractivity contribution in [2.75, 3.05) is 5.75 Å². The van der Waals surface area contributed by atoms with E-state index in [9.17, 15) is 18.3 Å². The first-order valence-corrected chi connectivity index (χ1v) is 7.31. The van der Waals surface area contributed by atoms with E-state index in [1.54, 1.807) is 40.7 Å². The summed E-state index contributed by atoms with van der Waals surface area (Å²) in [6.45, 7) is 8.56. The lowest BCUT2D eigenvalue weighted by molar-refractivity contribution is -0.139. The highest BCUT2D eigenvalue weighted by atomic mass is 32.2. The molecule has 1 aliphatic carbocycles. The summed E-state index contributed by atoms with van der Waals surface area (Å²) in [6, 6.07) is 0. The van der Waals surface area contributed by atoms with Crippen molar-refractivity contribution >= 4 is 15.8 Å². The van der Waals surface area contributed by atoms with Crippen molar-refractivity contribution in [3.05, 3.63) is 11.6 Å². The molecule has 0 heterocycles. The molecule has 5 heteroatoms. The topological polar surface area (TPSA) is 71.4 Å². The summed E-state index contributed by atoms with van der Waals surface area (Å²) in [6.07, 6.45) is 1.62. The third kappa shape index (κ3) is 1.71. The molecule has 0 radical (unpaired) electrons. The zero-order chi connectivity index (χ0) is 13.6. The van der Waals surface area contributed by atoms with Crippen LogP contribution in [0.2, 0.25) is 0 Å². The molecule has 0 amide bonds. The zero-order valence-corrected chi connectivity index (χ0v) is 11.8. The molecular weight excluding hydrogens is 240 g/mol. The number of hydrogen-bond acceptors (Lipinski definition) is 3. The molecule has 0 aromatic carbocycles. The van der Waals surface area contributed by atoms with Gasteiger partial charge in [0.05, 0.1) is 5.92 Å². The Morgan fingerprint density at radius 3 is 2.06 bits per heavy atom. The Hall–Kier alpha value is -0.840. The average Bonchev–Trinajstić information content (AvgIpc) is 2.63. The number of hydrogen-bond donors (Lipinski definition) is 1. The van der Waals surface area contributed by atoms with Crippen LogP contribution >= 0.6 is 0 Å². The van der Waals surface area contributed by atoms with Crippen molar-refractivity contribution in [2.45, 2.75) is 39.4 Å². The molecule has 1 N–H and O–H groups in total. The highest BCUT2D eigenvalue weighted by Crippen LogP contribution is 2.67. The van der Waals surface area contributed by atoms with Gasteiger partial charge >= 0.3 is 5.97 Å². The second-order valence-electron chi connectivity index (χ2n) is 5.41. The summed E-state index contributed by atoms with van der Waals surface area (Å²) < 4.78 is 23.2. The van der Waals surface area contributed by atoms with E-state index in [1.165, 1.54) is 0 Å². The monoisotopic (exact) mass is 260 g/mol. The Morgan fingerprint density at radius 2 is 1.82 bits per heavy atom. The third-order valence-electron chi connectivity index (χ3n) is 3.72. The fourth-order valence-corrected chi connectivity index (χ4v) is 5.36. The quantitative estimate of drug-likeness (QED) is 0.783. The lowest BCUT2D eigenvalue weighted by Gasteiger charge is -2.16. The first-order chi connectivity index (χ1) is 7.54. The fourth-order valence-electron chi connectivity index (χ4n) is 2.86. The predicted octanol–water partition coefficient (Wildman–Crippen LogP) is 1.87. The van der Waals surface area contributed by atoms with Crippen molar-refractivity contribution in [3.8, 4) is 0 Å². The summed E-state index contributed by atoms with van der Waals surface area (Å²) in [5.41, 5.74) is 0.0872. The first kappa shape index (κ1) is 14.2. The maximum absolute atomic E-state index is 12.2. The van der Waals surface area contributed by atoms with Gasteiger partial charge in [-0.25, -0.2) is 8.42 Å². The number of allylic oxidation sites excluding steroid dienone is 1. The minimum atomic E-state index is -3.44. The lowest BCUT2D eigenvalue weighted by Crippen LogP contribution is -2.30. The van der Waals surface area contributed by atoms with E-state index in [0.29, 0.717) is 0 Å². The molecular formula is C12H20O4S. The van der Waals surface area contributed by atoms with Gasteiger partial charge in [0.25, 0.3) is 0 Å². The third-order valence-corrected chi connectivity index (χ3v) is 6.39. The molecule has 0 saturated heterocycles. The first-order valence-electron chi connectivity index (χ1n) is 5.65. The molecule has 1 fully saturated rings. The van der Waals surface area contributed by atoms with Gasteiger partial charge in [0.15, 0.2) is 9.84 Å². The summed E-state index contributed by atoms with van der Waals surface area (Å²) in [4.78, 5) is 11.2. The summed E-state index contributed by atoms with van der Waals surface area (Å²) in [5.74, 6) is -1.93. The van der Waals surface area contributed by atoms with E-state index < -0.39 is 31.9 Å². The van der Waals surface area contributed by atoms with Crippen LogP contribution < -0.4 is 0 Å². The van der Waals surface area contributed by atoms with Crippen LogP contribution in [0.5, 0.6) is 0 Å². The van der Waals surface area contributed by atoms with Gasteiger partial charge in [-0.05, 0) is 13.8 Å². The molecule has 1 rings (SSSR count). The maximum Gasteiger partial charge on any atom is 0.309 e. The van der Waals surface area contributed by atoms with Crippen LogP contribution in [-0.4, -0.2) is 30.0 Å². The number of sulfone groups is 1. The molecule has 98 valence electrons. The molecule has 1 saturated carbocycles. The van der Waals surface area contributed by atoms with Gasteiger partial charge in [-0.1, -0.05) is 32.4 Å².